The van der Waals surface area contributed by atoms with E-state index in [1.165, 1.54) is 0 Å². The highest BCUT2D eigenvalue weighted by Gasteiger charge is 2.04. The standard InChI is InChI=1S/C6H10O5/c7-2-1-6(10)11-4-5(9)3-8/h1-2,5,7-9H,3-4H2. The van der Waals surface area contributed by atoms with E-state index < -0.39 is 18.7 Å². The second kappa shape index (κ2) is 5.70. The van der Waals surface area contributed by atoms with E-state index >= 15 is 0 Å². The van der Waals surface area contributed by atoms with Gasteiger partial charge in [-0.25, -0.2) is 4.79 Å². The van der Waals surface area contributed by atoms with Gasteiger partial charge in [0, 0.05) is 0 Å². The molecule has 5 heteroatoms. The lowest BCUT2D eigenvalue weighted by atomic mass is 10.4. The molecular formula is C6H10O5. The third-order valence-corrected chi connectivity index (χ3v) is 0.839. The molecule has 1 atom stereocenters. The molecule has 3 N–H and O–H groups in total. The van der Waals surface area contributed by atoms with Gasteiger partial charge in [-0.05, 0) is 0 Å². The minimum Gasteiger partial charge on any atom is -0.515 e. The van der Waals surface area contributed by atoms with Crippen molar-refractivity contribution in [2.24, 2.45) is 0 Å². The normalized spacial score (nSPS) is 13.3. The number of hydrogen-bond acceptors (Lipinski definition) is 5. The van der Waals surface area contributed by atoms with Crippen LogP contribution in [0.25, 0.3) is 0 Å². The van der Waals surface area contributed by atoms with E-state index in [0.29, 0.717) is 6.26 Å². The zero-order valence-electron chi connectivity index (χ0n) is 5.80. The molecule has 0 fully saturated rings. The Kier molecular flexibility index (Phi) is 5.14. The number of aliphatic hydroxyl groups is 3. The molecule has 0 heterocycles. The monoisotopic (exact) mass is 162 g/mol. The predicted molar refractivity (Wildman–Crippen MR) is 35.8 cm³/mol. The van der Waals surface area contributed by atoms with Crippen LogP contribution in [0.3, 0.4) is 0 Å². The average molecular weight is 162 g/mol. The quantitative estimate of drug-likeness (QED) is 0.279. The summed E-state index contributed by atoms with van der Waals surface area (Å²) in [7, 11) is 0. The summed E-state index contributed by atoms with van der Waals surface area (Å²) in [6.07, 6.45) is 0.267. The van der Waals surface area contributed by atoms with Gasteiger partial charge in [0.15, 0.2) is 0 Å². The SMILES string of the molecule is O=C(C=CO)OCC(O)CO. The van der Waals surface area contributed by atoms with Crippen LogP contribution >= 0.6 is 0 Å². The Morgan fingerprint density at radius 1 is 1.64 bits per heavy atom. The van der Waals surface area contributed by atoms with Crippen molar-refractivity contribution < 1.29 is 24.9 Å². The second-order valence-electron chi connectivity index (χ2n) is 1.78. The van der Waals surface area contributed by atoms with E-state index in [-0.39, 0.29) is 6.61 Å². The molecule has 0 rings (SSSR count). The highest BCUT2D eigenvalue weighted by Crippen LogP contribution is 1.85. The summed E-state index contributed by atoms with van der Waals surface area (Å²) in [5.74, 6) is -0.764. The summed E-state index contributed by atoms with van der Waals surface area (Å²) in [6.45, 7) is -0.740. The molecule has 5 nitrogen and oxygen atoms in total. The van der Waals surface area contributed by atoms with Crippen molar-refractivity contribution in [3.05, 3.63) is 12.3 Å². The van der Waals surface area contributed by atoms with Crippen molar-refractivity contribution in [3.63, 3.8) is 0 Å². The van der Waals surface area contributed by atoms with Crippen LogP contribution in [-0.4, -0.2) is 40.6 Å². The van der Waals surface area contributed by atoms with Crippen molar-refractivity contribution in [1.82, 2.24) is 0 Å². The topological polar surface area (TPSA) is 87.0 Å². The van der Waals surface area contributed by atoms with E-state index in [1.54, 1.807) is 0 Å². The molecule has 0 aromatic heterocycles. The third-order valence-electron chi connectivity index (χ3n) is 0.839. The van der Waals surface area contributed by atoms with Gasteiger partial charge in [-0.2, -0.15) is 0 Å². The van der Waals surface area contributed by atoms with Crippen LogP contribution in [0.15, 0.2) is 12.3 Å². The highest BCUT2D eigenvalue weighted by molar-refractivity contribution is 5.81. The molecule has 0 aromatic rings. The maximum absolute atomic E-state index is 10.4. The van der Waals surface area contributed by atoms with E-state index in [0.717, 1.165) is 6.08 Å². The molecule has 0 saturated carbocycles. The van der Waals surface area contributed by atoms with Crippen LogP contribution in [0.2, 0.25) is 0 Å². The number of esters is 1. The number of carbonyl (C=O) groups is 1. The molecule has 0 bridgehead atoms. The fourth-order valence-electron chi connectivity index (χ4n) is 0.340. The van der Waals surface area contributed by atoms with E-state index in [2.05, 4.69) is 4.74 Å². The summed E-state index contributed by atoms with van der Waals surface area (Å²) in [6, 6.07) is 0. The van der Waals surface area contributed by atoms with Gasteiger partial charge in [0.05, 0.1) is 18.9 Å². The van der Waals surface area contributed by atoms with Gasteiger partial charge < -0.3 is 20.1 Å². The number of carbonyl (C=O) groups excluding carboxylic acids is 1. The van der Waals surface area contributed by atoms with Crippen LogP contribution in [0, 0.1) is 0 Å². The van der Waals surface area contributed by atoms with Crippen LogP contribution in [0.1, 0.15) is 0 Å². The zero-order chi connectivity index (χ0) is 8.69. The Bertz CT molecular complexity index is 142. The molecule has 0 radical (unpaired) electrons. The lowest BCUT2D eigenvalue weighted by molar-refractivity contribution is -0.141. The highest BCUT2D eigenvalue weighted by atomic mass is 16.5. The Morgan fingerprint density at radius 3 is 2.73 bits per heavy atom. The number of rotatable bonds is 4. The summed E-state index contributed by atoms with van der Waals surface area (Å²) in [4.78, 5) is 10.4. The van der Waals surface area contributed by atoms with Crippen molar-refractivity contribution in [1.29, 1.82) is 0 Å². The van der Waals surface area contributed by atoms with Crippen LogP contribution < -0.4 is 0 Å². The Balaban J connectivity index is 3.45. The van der Waals surface area contributed by atoms with Crippen molar-refractivity contribution in [2.45, 2.75) is 6.10 Å². The molecular weight excluding hydrogens is 152 g/mol. The first-order chi connectivity index (χ1) is 5.20. The second-order valence-corrected chi connectivity index (χ2v) is 1.78. The van der Waals surface area contributed by atoms with Gasteiger partial charge in [0.2, 0.25) is 0 Å². The maximum atomic E-state index is 10.4. The molecule has 0 saturated heterocycles. The van der Waals surface area contributed by atoms with Gasteiger partial charge >= 0.3 is 5.97 Å². The van der Waals surface area contributed by atoms with E-state index in [9.17, 15) is 4.79 Å². The van der Waals surface area contributed by atoms with E-state index in [1.807, 2.05) is 0 Å². The maximum Gasteiger partial charge on any atom is 0.333 e. The minimum absolute atomic E-state index is 0.278. The number of aliphatic hydroxyl groups excluding tert-OH is 3. The Morgan fingerprint density at radius 2 is 2.27 bits per heavy atom. The molecule has 11 heavy (non-hydrogen) atoms. The molecule has 1 unspecified atom stereocenters. The lowest BCUT2D eigenvalue weighted by Gasteiger charge is -2.05. The smallest absolute Gasteiger partial charge is 0.333 e. The van der Waals surface area contributed by atoms with Gasteiger partial charge in [0.25, 0.3) is 0 Å². The molecule has 0 aliphatic rings. The summed E-state index contributed by atoms with van der Waals surface area (Å²) >= 11 is 0. The molecule has 0 aromatic carbocycles. The minimum atomic E-state index is -1.06. The number of ether oxygens (including phenoxy) is 1. The first kappa shape index (κ1) is 9.93. The molecule has 0 aliphatic carbocycles. The summed E-state index contributed by atoms with van der Waals surface area (Å²) in [5, 5.41) is 25.0. The summed E-state index contributed by atoms with van der Waals surface area (Å²) < 4.78 is 4.34. The Hall–Kier alpha value is -1.07. The lowest BCUT2D eigenvalue weighted by Crippen LogP contribution is -2.21. The predicted octanol–water partition coefficient (Wildman–Crippen LogP) is -1.05. The van der Waals surface area contributed by atoms with Gasteiger partial charge in [-0.15, -0.1) is 0 Å². The average Bonchev–Trinajstić information content (AvgIpc) is 2.01. The fourth-order valence-corrected chi connectivity index (χ4v) is 0.340. The largest absolute Gasteiger partial charge is 0.515 e. The van der Waals surface area contributed by atoms with Crippen molar-refractivity contribution in [3.8, 4) is 0 Å². The first-order valence-corrected chi connectivity index (χ1v) is 2.97. The summed E-state index contributed by atoms with van der Waals surface area (Å²) in [5.41, 5.74) is 0. The first-order valence-electron chi connectivity index (χ1n) is 2.97. The van der Waals surface area contributed by atoms with Crippen LogP contribution in [0.4, 0.5) is 0 Å². The van der Waals surface area contributed by atoms with Crippen molar-refractivity contribution in [2.75, 3.05) is 13.2 Å². The third kappa shape index (κ3) is 5.38. The molecule has 0 amide bonds. The molecule has 64 valence electrons. The van der Waals surface area contributed by atoms with Gasteiger partial charge in [0.1, 0.15) is 12.7 Å². The van der Waals surface area contributed by atoms with Crippen molar-refractivity contribution >= 4 is 5.97 Å². The van der Waals surface area contributed by atoms with E-state index in [4.69, 9.17) is 15.3 Å². The van der Waals surface area contributed by atoms with Crippen LogP contribution in [0.5, 0.6) is 0 Å². The number of hydrogen-bond donors (Lipinski definition) is 3. The van der Waals surface area contributed by atoms with Gasteiger partial charge in [-0.1, -0.05) is 0 Å². The fraction of sp³-hybridized carbons (Fsp3) is 0.500. The molecule has 0 aliphatic heterocycles. The van der Waals surface area contributed by atoms with Crippen LogP contribution in [-0.2, 0) is 9.53 Å². The Labute approximate surface area is 63.5 Å². The zero-order valence-corrected chi connectivity index (χ0v) is 5.80. The van der Waals surface area contributed by atoms with Gasteiger partial charge in [-0.3, -0.25) is 0 Å². The molecule has 0 spiro atoms.